The van der Waals surface area contributed by atoms with E-state index >= 15 is 0 Å². The van der Waals surface area contributed by atoms with Gasteiger partial charge in [-0.1, -0.05) is 20.3 Å². The molecule has 8 nitrogen and oxygen atoms in total. The number of nitrogens with one attached hydrogen (secondary N) is 1. The van der Waals surface area contributed by atoms with Crippen molar-refractivity contribution in [3.05, 3.63) is 0 Å². The van der Waals surface area contributed by atoms with Gasteiger partial charge in [0.05, 0.1) is 13.2 Å². The van der Waals surface area contributed by atoms with Crippen LogP contribution in [0, 0.1) is 11.8 Å². The molecule has 0 aromatic rings. The summed E-state index contributed by atoms with van der Waals surface area (Å²) in [6, 6.07) is -0.255. The van der Waals surface area contributed by atoms with Crippen molar-refractivity contribution in [1.29, 1.82) is 0 Å². The SMILES string of the molecule is CCN(CC)C(=O)CN1CCN(CN2C(=O)NC3(C2=O)[C@@H](C)CCC[C@@H]3C)CC1. The summed E-state index contributed by atoms with van der Waals surface area (Å²) in [6.07, 6.45) is 3.06. The Morgan fingerprint density at radius 3 is 2.14 bits per heavy atom. The van der Waals surface area contributed by atoms with Gasteiger partial charge in [0.1, 0.15) is 5.54 Å². The van der Waals surface area contributed by atoms with Crippen molar-refractivity contribution in [3.8, 4) is 0 Å². The second-order valence-corrected chi connectivity index (χ2v) is 8.87. The number of likely N-dealkylation sites (N-methyl/N-ethyl adjacent to an activating group) is 1. The molecule has 164 valence electrons. The first kappa shape index (κ1) is 22.0. The fourth-order valence-corrected chi connectivity index (χ4v) is 5.24. The van der Waals surface area contributed by atoms with Crippen LogP contribution in [0.3, 0.4) is 0 Å². The topological polar surface area (TPSA) is 76.2 Å². The average molecular weight is 408 g/mol. The van der Waals surface area contributed by atoms with Gasteiger partial charge in [0.2, 0.25) is 5.91 Å². The van der Waals surface area contributed by atoms with Crippen molar-refractivity contribution >= 4 is 17.8 Å². The van der Waals surface area contributed by atoms with Gasteiger partial charge < -0.3 is 10.2 Å². The van der Waals surface area contributed by atoms with E-state index in [1.165, 1.54) is 4.90 Å². The highest BCUT2D eigenvalue weighted by Crippen LogP contribution is 2.42. The molecule has 1 aliphatic carbocycles. The van der Waals surface area contributed by atoms with E-state index in [4.69, 9.17) is 0 Å². The van der Waals surface area contributed by atoms with Crippen molar-refractivity contribution in [3.63, 3.8) is 0 Å². The van der Waals surface area contributed by atoms with E-state index in [1.807, 2.05) is 18.7 Å². The highest BCUT2D eigenvalue weighted by atomic mass is 16.2. The maximum Gasteiger partial charge on any atom is 0.326 e. The molecule has 1 spiro atoms. The van der Waals surface area contributed by atoms with Crippen LogP contribution >= 0.6 is 0 Å². The van der Waals surface area contributed by atoms with Gasteiger partial charge in [0.25, 0.3) is 5.91 Å². The smallest absolute Gasteiger partial charge is 0.326 e. The zero-order valence-corrected chi connectivity index (χ0v) is 18.4. The number of urea groups is 1. The molecular weight excluding hydrogens is 370 g/mol. The lowest BCUT2D eigenvalue weighted by atomic mass is 9.67. The predicted molar refractivity (Wildman–Crippen MR) is 111 cm³/mol. The van der Waals surface area contributed by atoms with Crippen molar-refractivity contribution in [2.75, 3.05) is 52.5 Å². The molecule has 3 fully saturated rings. The fraction of sp³-hybridized carbons (Fsp3) is 0.857. The molecular formula is C21H37N5O3. The molecule has 29 heavy (non-hydrogen) atoms. The standard InChI is InChI=1S/C21H37N5O3/c1-5-25(6-2)18(27)14-23-10-12-24(13-11-23)15-26-19(28)21(22-20(26)29)16(3)8-7-9-17(21)4/h16-17H,5-15H2,1-4H3,(H,22,29)/t16-,17-/m0/s1. The fourth-order valence-electron chi connectivity index (χ4n) is 5.24. The van der Waals surface area contributed by atoms with E-state index in [0.29, 0.717) is 13.2 Å². The van der Waals surface area contributed by atoms with E-state index in [2.05, 4.69) is 29.0 Å². The molecule has 0 radical (unpaired) electrons. The first-order chi connectivity index (χ1) is 13.8. The minimum Gasteiger partial charge on any atom is -0.342 e. The number of hydrogen-bond acceptors (Lipinski definition) is 5. The number of carbonyl (C=O) groups excluding carboxylic acids is 3. The molecule has 0 unspecified atom stereocenters. The molecule has 3 rings (SSSR count). The van der Waals surface area contributed by atoms with Gasteiger partial charge in [-0.2, -0.15) is 0 Å². The Kier molecular flexibility index (Phi) is 6.83. The monoisotopic (exact) mass is 407 g/mol. The zero-order chi connectivity index (χ0) is 21.2. The van der Waals surface area contributed by atoms with Gasteiger partial charge in [-0.25, -0.2) is 9.69 Å². The Labute approximate surface area is 174 Å². The van der Waals surface area contributed by atoms with Crippen LogP contribution in [0.15, 0.2) is 0 Å². The summed E-state index contributed by atoms with van der Waals surface area (Å²) in [4.78, 5) is 45.9. The van der Waals surface area contributed by atoms with E-state index in [-0.39, 0.29) is 29.7 Å². The number of rotatable bonds is 6. The van der Waals surface area contributed by atoms with Crippen molar-refractivity contribution in [2.45, 2.75) is 52.5 Å². The molecule has 0 aromatic carbocycles. The van der Waals surface area contributed by atoms with Gasteiger partial charge in [0, 0.05) is 39.3 Å². The highest BCUT2D eigenvalue weighted by Gasteiger charge is 2.58. The number of amides is 4. The summed E-state index contributed by atoms with van der Waals surface area (Å²) in [6.45, 7) is 13.5. The quantitative estimate of drug-likeness (QED) is 0.669. The Morgan fingerprint density at radius 2 is 1.59 bits per heavy atom. The van der Waals surface area contributed by atoms with Crippen molar-refractivity contribution < 1.29 is 14.4 Å². The van der Waals surface area contributed by atoms with Gasteiger partial charge in [-0.15, -0.1) is 0 Å². The third kappa shape index (κ3) is 4.14. The maximum atomic E-state index is 13.3. The second kappa shape index (κ2) is 9.00. The van der Waals surface area contributed by atoms with Crippen LogP contribution in [-0.4, -0.2) is 95.5 Å². The number of imide groups is 1. The molecule has 2 heterocycles. The van der Waals surface area contributed by atoms with E-state index in [1.54, 1.807) is 0 Å². The first-order valence-corrected chi connectivity index (χ1v) is 11.2. The number of nitrogens with zero attached hydrogens (tertiary/aromatic N) is 4. The van der Waals surface area contributed by atoms with Crippen molar-refractivity contribution in [1.82, 2.24) is 24.9 Å². The molecule has 8 heteroatoms. The third-order valence-electron chi connectivity index (χ3n) is 7.27. The van der Waals surface area contributed by atoms with Gasteiger partial charge in [-0.05, 0) is 38.5 Å². The number of piperazine rings is 1. The van der Waals surface area contributed by atoms with E-state index in [9.17, 15) is 14.4 Å². The van der Waals surface area contributed by atoms with E-state index < -0.39 is 5.54 Å². The summed E-state index contributed by atoms with van der Waals surface area (Å²) in [7, 11) is 0. The minimum absolute atomic E-state index is 0.0543. The lowest BCUT2D eigenvalue weighted by molar-refractivity contribution is -0.138. The number of hydrogen-bond donors (Lipinski definition) is 1. The molecule has 0 aromatic heterocycles. The van der Waals surface area contributed by atoms with Gasteiger partial charge >= 0.3 is 6.03 Å². The first-order valence-electron chi connectivity index (χ1n) is 11.2. The van der Waals surface area contributed by atoms with Crippen molar-refractivity contribution in [2.24, 2.45) is 11.8 Å². The maximum absolute atomic E-state index is 13.3. The summed E-state index contributed by atoms with van der Waals surface area (Å²) >= 11 is 0. The normalized spacial score (nSPS) is 28.1. The summed E-state index contributed by atoms with van der Waals surface area (Å²) in [5.74, 6) is 0.437. The van der Waals surface area contributed by atoms with Crippen LogP contribution in [0.1, 0.15) is 47.0 Å². The van der Waals surface area contributed by atoms with Crippen LogP contribution in [0.4, 0.5) is 4.79 Å². The Bertz CT molecular complexity index is 618. The Morgan fingerprint density at radius 1 is 1.03 bits per heavy atom. The summed E-state index contributed by atoms with van der Waals surface area (Å²) < 4.78 is 0. The molecule has 1 N–H and O–H groups in total. The average Bonchev–Trinajstić information content (AvgIpc) is 2.94. The predicted octanol–water partition coefficient (Wildman–Crippen LogP) is 1.18. The number of carbonyl (C=O) groups is 3. The lowest BCUT2D eigenvalue weighted by Gasteiger charge is -2.42. The summed E-state index contributed by atoms with van der Waals surface area (Å²) in [5.41, 5.74) is -0.729. The molecule has 4 amide bonds. The Hall–Kier alpha value is -1.67. The largest absolute Gasteiger partial charge is 0.342 e. The molecule has 3 aliphatic rings. The van der Waals surface area contributed by atoms with E-state index in [0.717, 1.165) is 58.5 Å². The summed E-state index contributed by atoms with van der Waals surface area (Å²) in [5, 5.41) is 3.07. The van der Waals surface area contributed by atoms with Gasteiger partial charge in [-0.3, -0.25) is 19.4 Å². The van der Waals surface area contributed by atoms with Crippen LogP contribution in [-0.2, 0) is 9.59 Å². The second-order valence-electron chi connectivity index (χ2n) is 8.87. The van der Waals surface area contributed by atoms with Crippen LogP contribution in [0.25, 0.3) is 0 Å². The molecule has 2 atom stereocenters. The molecule has 1 saturated carbocycles. The molecule has 0 bridgehead atoms. The Balaban J connectivity index is 1.55. The minimum atomic E-state index is -0.729. The molecule has 2 aliphatic heterocycles. The van der Waals surface area contributed by atoms with Crippen LogP contribution < -0.4 is 5.32 Å². The highest BCUT2D eigenvalue weighted by molar-refractivity contribution is 6.07. The van der Waals surface area contributed by atoms with Crippen LogP contribution in [0.2, 0.25) is 0 Å². The molecule has 2 saturated heterocycles. The van der Waals surface area contributed by atoms with Crippen LogP contribution in [0.5, 0.6) is 0 Å². The zero-order valence-electron chi connectivity index (χ0n) is 18.4. The lowest BCUT2D eigenvalue weighted by Crippen LogP contribution is -2.59. The third-order valence-corrected chi connectivity index (χ3v) is 7.27. The van der Waals surface area contributed by atoms with Gasteiger partial charge in [0.15, 0.2) is 0 Å².